The molecule has 1 aromatic carbocycles. The molecule has 0 aliphatic heterocycles. The van der Waals surface area contributed by atoms with Crippen molar-refractivity contribution in [3.05, 3.63) is 34.4 Å². The van der Waals surface area contributed by atoms with E-state index in [0.717, 1.165) is 0 Å². The number of benzene rings is 1. The van der Waals surface area contributed by atoms with E-state index in [-0.39, 0.29) is 42.0 Å². The van der Waals surface area contributed by atoms with E-state index in [4.69, 9.17) is 0 Å². The maximum Gasteiger partial charge on any atom is 4.00 e. The molecule has 3 nitrogen and oxygen atoms in total. The summed E-state index contributed by atoms with van der Waals surface area (Å²) in [6.45, 7) is 0. The maximum absolute atomic E-state index is 10.2. The van der Waals surface area contributed by atoms with E-state index in [1.807, 2.05) is 0 Å². The zero-order valence-corrected chi connectivity index (χ0v) is 10.4. The molecule has 0 saturated heterocycles. The molecule has 1 rings (SSSR count). The largest absolute Gasteiger partial charge is 4.00 e. The Morgan fingerprint density at radius 3 is 2.17 bits per heavy atom. The van der Waals surface area contributed by atoms with Crippen LogP contribution in [-0.4, -0.2) is 28.8 Å². The van der Waals surface area contributed by atoms with E-state index in [1.54, 1.807) is 18.2 Å². The summed E-state index contributed by atoms with van der Waals surface area (Å²) in [5.74, 6) is 0. The molecule has 0 radical (unpaired) electrons. The maximum atomic E-state index is 10.2. The van der Waals surface area contributed by atoms with Crippen LogP contribution in [0.25, 0.3) is 0 Å². The van der Waals surface area contributed by atoms with Gasteiger partial charge < -0.3 is 12.4 Å². The van der Waals surface area contributed by atoms with Crippen LogP contribution in [0.3, 0.4) is 0 Å². The third-order valence-electron chi connectivity index (χ3n) is 1.08. The predicted octanol–water partition coefficient (Wildman–Crippen LogP) is -1.49. The quantitative estimate of drug-likeness (QED) is 0.297. The number of thiol groups is 1. The summed E-state index contributed by atoms with van der Waals surface area (Å²) < 4.78 is 0. The first-order chi connectivity index (χ1) is 4.72. The second-order valence-corrected chi connectivity index (χ2v) is 2.23. The van der Waals surface area contributed by atoms with Gasteiger partial charge in [-0.25, -0.2) is 0 Å². The van der Waals surface area contributed by atoms with Crippen molar-refractivity contribution in [3.63, 3.8) is 0 Å². The van der Waals surface area contributed by atoms with E-state index < -0.39 is 4.92 Å². The summed E-state index contributed by atoms with van der Waals surface area (Å²) in [5.41, 5.74) is 0.0471. The number of nitro groups is 1. The molecule has 0 bridgehead atoms. The average molecular weight is 309 g/mol. The van der Waals surface area contributed by atoms with Gasteiger partial charge in [0.25, 0.3) is 5.69 Å². The summed E-state index contributed by atoms with van der Waals surface area (Å²) in [6, 6.07) is 6.32. The molecule has 6 heteroatoms. The SMILES string of the molecule is O=[N+]([O-])c1ccccc1S.[Cl-].[Sn+4]. The van der Waals surface area contributed by atoms with Crippen LogP contribution in [0.4, 0.5) is 5.69 Å². The van der Waals surface area contributed by atoms with Gasteiger partial charge in [-0.3, -0.25) is 10.1 Å². The number of hydrogen-bond acceptors (Lipinski definition) is 3. The van der Waals surface area contributed by atoms with Crippen LogP contribution in [0.15, 0.2) is 29.2 Å². The van der Waals surface area contributed by atoms with Crippen molar-refractivity contribution >= 4 is 42.2 Å². The molecule has 0 aliphatic rings. The molecule has 0 spiro atoms. The zero-order chi connectivity index (χ0) is 7.56. The molecule has 60 valence electrons. The van der Waals surface area contributed by atoms with Gasteiger partial charge in [-0.2, -0.15) is 0 Å². The van der Waals surface area contributed by atoms with Crippen LogP contribution in [0.2, 0.25) is 0 Å². The minimum atomic E-state index is -0.456. The molecular formula is C6H5ClNO2SSn+3. The van der Waals surface area contributed by atoms with Crippen LogP contribution in [-0.2, 0) is 0 Å². The first-order valence-corrected chi connectivity index (χ1v) is 3.09. The van der Waals surface area contributed by atoms with Crippen molar-refractivity contribution in [2.45, 2.75) is 4.90 Å². The molecule has 0 saturated carbocycles. The molecule has 12 heavy (non-hydrogen) atoms. The zero-order valence-electron chi connectivity index (χ0n) is 5.90. The molecular weight excluding hydrogens is 304 g/mol. The molecule has 0 N–H and O–H groups in total. The second kappa shape index (κ2) is 6.56. The Morgan fingerprint density at radius 1 is 1.33 bits per heavy atom. The standard InChI is InChI=1S/C6H5NO2S.ClH.Sn/c8-7(9)5-3-1-2-4-6(5)10;;/h1-4,10H;1H;/q;;+4/p-1. The van der Waals surface area contributed by atoms with Crippen molar-refractivity contribution in [1.82, 2.24) is 0 Å². The van der Waals surface area contributed by atoms with Gasteiger partial charge in [0.05, 0.1) is 9.82 Å². The van der Waals surface area contributed by atoms with Gasteiger partial charge in [-0.1, -0.05) is 12.1 Å². The summed E-state index contributed by atoms with van der Waals surface area (Å²) in [5, 5.41) is 10.2. The van der Waals surface area contributed by atoms with Gasteiger partial charge in [0, 0.05) is 6.07 Å². The third kappa shape index (κ3) is 3.64. The number of rotatable bonds is 1. The van der Waals surface area contributed by atoms with Crippen LogP contribution in [0, 0.1) is 10.1 Å². The van der Waals surface area contributed by atoms with Crippen molar-refractivity contribution in [2.75, 3.05) is 0 Å². The van der Waals surface area contributed by atoms with Crippen LogP contribution >= 0.6 is 12.6 Å². The Hall–Kier alpha value is 0.0587. The van der Waals surface area contributed by atoms with E-state index >= 15 is 0 Å². The molecule has 0 atom stereocenters. The van der Waals surface area contributed by atoms with Gasteiger partial charge in [-0.05, 0) is 6.07 Å². The first kappa shape index (κ1) is 14.6. The van der Waals surface area contributed by atoms with Crippen LogP contribution in [0.5, 0.6) is 0 Å². The molecule has 0 aromatic heterocycles. The van der Waals surface area contributed by atoms with Crippen LogP contribution < -0.4 is 12.4 Å². The van der Waals surface area contributed by atoms with Crippen LogP contribution in [0.1, 0.15) is 0 Å². The topological polar surface area (TPSA) is 43.1 Å². The number of hydrogen-bond donors (Lipinski definition) is 1. The van der Waals surface area contributed by atoms with E-state index in [0.29, 0.717) is 4.90 Å². The number of nitrogens with zero attached hydrogens (tertiary/aromatic N) is 1. The molecule has 0 heterocycles. The van der Waals surface area contributed by atoms with E-state index in [9.17, 15) is 10.1 Å². The first-order valence-electron chi connectivity index (χ1n) is 2.64. The fourth-order valence-corrected chi connectivity index (χ4v) is 0.861. The van der Waals surface area contributed by atoms with Gasteiger partial charge in [0.2, 0.25) is 0 Å². The molecule has 0 unspecified atom stereocenters. The molecule has 0 amide bonds. The van der Waals surface area contributed by atoms with Crippen molar-refractivity contribution in [1.29, 1.82) is 0 Å². The van der Waals surface area contributed by atoms with Gasteiger partial charge in [0.1, 0.15) is 0 Å². The Labute approximate surface area is 98.5 Å². The summed E-state index contributed by atoms with van der Waals surface area (Å²) in [6.07, 6.45) is 0. The third-order valence-corrected chi connectivity index (χ3v) is 1.46. The summed E-state index contributed by atoms with van der Waals surface area (Å²) in [4.78, 5) is 10.1. The fraction of sp³-hybridized carbons (Fsp3) is 0. The molecule has 0 aliphatic carbocycles. The average Bonchev–Trinajstić information content (AvgIpc) is 1.88. The normalized spacial score (nSPS) is 7.75. The Balaban J connectivity index is 0. The van der Waals surface area contributed by atoms with Crippen molar-refractivity contribution < 1.29 is 17.3 Å². The van der Waals surface area contributed by atoms with Gasteiger partial charge in [0.15, 0.2) is 0 Å². The Kier molecular flexibility index (Phi) is 7.97. The predicted molar refractivity (Wildman–Crippen MR) is 46.1 cm³/mol. The van der Waals surface area contributed by atoms with Gasteiger partial charge >= 0.3 is 23.9 Å². The monoisotopic (exact) mass is 310 g/mol. The summed E-state index contributed by atoms with van der Waals surface area (Å²) in [7, 11) is 0. The summed E-state index contributed by atoms with van der Waals surface area (Å²) >= 11 is 3.90. The smallest absolute Gasteiger partial charge is 1.00 e. The van der Waals surface area contributed by atoms with E-state index in [2.05, 4.69) is 12.6 Å². The number of halogens is 1. The Bertz CT molecular complexity index is 271. The minimum Gasteiger partial charge on any atom is -1.00 e. The van der Waals surface area contributed by atoms with Crippen molar-refractivity contribution in [2.24, 2.45) is 0 Å². The second-order valence-electron chi connectivity index (χ2n) is 1.75. The number of para-hydroxylation sites is 1. The molecule has 1 aromatic rings. The fourth-order valence-electron chi connectivity index (χ4n) is 0.619. The minimum absolute atomic E-state index is 0. The van der Waals surface area contributed by atoms with Gasteiger partial charge in [-0.15, -0.1) is 12.6 Å². The van der Waals surface area contributed by atoms with E-state index in [1.165, 1.54) is 6.07 Å². The number of nitro benzene ring substituents is 1. The Morgan fingerprint density at radius 2 is 1.83 bits per heavy atom. The molecule has 0 fully saturated rings. The van der Waals surface area contributed by atoms with Crippen molar-refractivity contribution in [3.8, 4) is 0 Å².